The van der Waals surface area contributed by atoms with Gasteiger partial charge in [0.15, 0.2) is 0 Å². The minimum absolute atomic E-state index is 0.707. The topological polar surface area (TPSA) is 46.2 Å². The van der Waals surface area contributed by atoms with E-state index in [1.807, 2.05) is 24.3 Å². The second kappa shape index (κ2) is 10.3. The molecule has 1 rings (SSSR count). The first-order chi connectivity index (χ1) is 9.36. The van der Waals surface area contributed by atoms with Crippen molar-refractivity contribution in [3.63, 3.8) is 0 Å². The Morgan fingerprint density at radius 2 is 1.47 bits per heavy atom. The monoisotopic (exact) mass is 261 g/mol. The van der Waals surface area contributed by atoms with Gasteiger partial charge >= 0.3 is 0 Å². The lowest BCUT2D eigenvalue weighted by Gasteiger charge is -2.06. The number of aldehydes is 2. The molecule has 3 heteroatoms. The Morgan fingerprint density at radius 3 is 2.11 bits per heavy atom. The Labute approximate surface area is 115 Å². The summed E-state index contributed by atoms with van der Waals surface area (Å²) in [6.07, 6.45) is 9.60. The van der Waals surface area contributed by atoms with Crippen LogP contribution in [0, 0.1) is 0 Å². The van der Waals surface area contributed by atoms with Crippen molar-refractivity contribution >= 4 is 18.3 Å². The number of benzene rings is 1. The lowest BCUT2D eigenvalue weighted by Crippen LogP contribution is -2.01. The smallest absolute Gasteiger partial charge is 0.150 e. The van der Waals surface area contributed by atoms with Gasteiger partial charge in [-0.25, -0.2) is 0 Å². The van der Waals surface area contributed by atoms with Crippen molar-refractivity contribution in [1.29, 1.82) is 0 Å². The number of hydrogen-bond donors (Lipinski definition) is 1. The Kier molecular flexibility index (Phi) is 8.36. The highest BCUT2D eigenvalue weighted by Crippen LogP contribution is 2.10. The van der Waals surface area contributed by atoms with E-state index in [2.05, 4.69) is 5.32 Å². The van der Waals surface area contributed by atoms with Gasteiger partial charge in [-0.1, -0.05) is 25.7 Å². The molecule has 0 heterocycles. The molecule has 0 unspecified atom stereocenters. The SMILES string of the molecule is O=CCCCCCCCCNc1ccc(C=O)cc1. The largest absolute Gasteiger partial charge is 0.385 e. The minimum atomic E-state index is 0.707. The molecule has 1 aromatic rings. The maximum absolute atomic E-state index is 10.5. The molecule has 0 bridgehead atoms. The lowest BCUT2D eigenvalue weighted by molar-refractivity contribution is -0.107. The molecule has 1 aromatic carbocycles. The fourth-order valence-electron chi connectivity index (χ4n) is 1.97. The molecule has 19 heavy (non-hydrogen) atoms. The van der Waals surface area contributed by atoms with E-state index in [1.54, 1.807) is 0 Å². The Bertz CT molecular complexity index is 360. The van der Waals surface area contributed by atoms with Crippen molar-refractivity contribution in [2.75, 3.05) is 11.9 Å². The molecule has 0 aliphatic heterocycles. The minimum Gasteiger partial charge on any atom is -0.385 e. The zero-order valence-electron chi connectivity index (χ0n) is 11.4. The summed E-state index contributed by atoms with van der Waals surface area (Å²) in [4.78, 5) is 20.6. The van der Waals surface area contributed by atoms with Crippen LogP contribution in [0.25, 0.3) is 0 Å². The predicted octanol–water partition coefficient (Wildman–Crippen LogP) is 3.84. The third-order valence-electron chi connectivity index (χ3n) is 3.12. The lowest BCUT2D eigenvalue weighted by atomic mass is 10.1. The van der Waals surface area contributed by atoms with Gasteiger partial charge in [-0.2, -0.15) is 0 Å². The third kappa shape index (κ3) is 7.39. The van der Waals surface area contributed by atoms with Crippen molar-refractivity contribution in [2.45, 2.75) is 44.9 Å². The van der Waals surface area contributed by atoms with Crippen LogP contribution in [0.15, 0.2) is 24.3 Å². The number of carbonyl (C=O) groups excluding carboxylic acids is 2. The molecule has 0 spiro atoms. The quantitative estimate of drug-likeness (QED) is 0.486. The molecule has 0 radical (unpaired) electrons. The van der Waals surface area contributed by atoms with Crippen LogP contribution in [-0.2, 0) is 4.79 Å². The van der Waals surface area contributed by atoms with Crippen LogP contribution in [0.5, 0.6) is 0 Å². The zero-order chi connectivity index (χ0) is 13.8. The van der Waals surface area contributed by atoms with E-state index in [0.717, 1.165) is 37.6 Å². The van der Waals surface area contributed by atoms with Gasteiger partial charge in [0, 0.05) is 24.2 Å². The summed E-state index contributed by atoms with van der Waals surface area (Å²) in [5.41, 5.74) is 1.78. The Balaban J connectivity index is 1.98. The van der Waals surface area contributed by atoms with Crippen molar-refractivity contribution in [3.8, 4) is 0 Å². The second-order valence-corrected chi connectivity index (χ2v) is 4.74. The average molecular weight is 261 g/mol. The molecular formula is C16H23NO2. The number of nitrogens with one attached hydrogen (secondary N) is 1. The van der Waals surface area contributed by atoms with Gasteiger partial charge in [0.1, 0.15) is 12.6 Å². The van der Waals surface area contributed by atoms with Crippen LogP contribution in [0.1, 0.15) is 55.3 Å². The molecular weight excluding hydrogens is 238 g/mol. The van der Waals surface area contributed by atoms with E-state index >= 15 is 0 Å². The molecule has 0 aliphatic carbocycles. The maximum Gasteiger partial charge on any atom is 0.150 e. The summed E-state index contributed by atoms with van der Waals surface area (Å²) in [5, 5.41) is 3.34. The fraction of sp³-hybridized carbons (Fsp3) is 0.500. The van der Waals surface area contributed by atoms with Gasteiger partial charge in [-0.15, -0.1) is 0 Å². The van der Waals surface area contributed by atoms with Gasteiger partial charge in [0.05, 0.1) is 0 Å². The zero-order valence-corrected chi connectivity index (χ0v) is 11.4. The molecule has 0 fully saturated rings. The third-order valence-corrected chi connectivity index (χ3v) is 3.12. The highest BCUT2D eigenvalue weighted by atomic mass is 16.1. The molecule has 1 N–H and O–H groups in total. The summed E-state index contributed by atoms with van der Waals surface area (Å²) in [6.45, 7) is 0.967. The average Bonchev–Trinajstić information content (AvgIpc) is 2.46. The van der Waals surface area contributed by atoms with Crippen LogP contribution in [0.4, 0.5) is 5.69 Å². The van der Waals surface area contributed by atoms with Crippen LogP contribution in [-0.4, -0.2) is 19.1 Å². The molecule has 0 aliphatic rings. The fourth-order valence-corrected chi connectivity index (χ4v) is 1.97. The molecule has 0 atom stereocenters. The van der Waals surface area contributed by atoms with Gasteiger partial charge < -0.3 is 10.1 Å². The molecule has 104 valence electrons. The predicted molar refractivity (Wildman–Crippen MR) is 78.7 cm³/mol. The van der Waals surface area contributed by atoms with Crippen LogP contribution in [0.3, 0.4) is 0 Å². The van der Waals surface area contributed by atoms with Gasteiger partial charge in [-0.3, -0.25) is 4.79 Å². The van der Waals surface area contributed by atoms with Crippen molar-refractivity contribution in [3.05, 3.63) is 29.8 Å². The van der Waals surface area contributed by atoms with E-state index in [-0.39, 0.29) is 0 Å². The van der Waals surface area contributed by atoms with Crippen molar-refractivity contribution in [2.24, 2.45) is 0 Å². The number of carbonyl (C=O) groups is 2. The highest BCUT2D eigenvalue weighted by Gasteiger charge is 1.94. The van der Waals surface area contributed by atoms with Crippen LogP contribution < -0.4 is 5.32 Å². The maximum atomic E-state index is 10.5. The number of unbranched alkanes of at least 4 members (excludes halogenated alkanes) is 6. The molecule has 0 amide bonds. The highest BCUT2D eigenvalue weighted by molar-refractivity contribution is 5.75. The summed E-state index contributed by atoms with van der Waals surface area (Å²) < 4.78 is 0. The molecule has 0 saturated heterocycles. The number of rotatable bonds is 11. The summed E-state index contributed by atoms with van der Waals surface area (Å²) in [5.74, 6) is 0. The summed E-state index contributed by atoms with van der Waals surface area (Å²) in [6, 6.07) is 7.51. The van der Waals surface area contributed by atoms with Gasteiger partial charge in [-0.05, 0) is 37.1 Å². The second-order valence-electron chi connectivity index (χ2n) is 4.74. The van der Waals surface area contributed by atoms with E-state index in [9.17, 15) is 9.59 Å². The van der Waals surface area contributed by atoms with Gasteiger partial charge in [0.2, 0.25) is 0 Å². The number of anilines is 1. The van der Waals surface area contributed by atoms with Crippen LogP contribution in [0.2, 0.25) is 0 Å². The first-order valence-corrected chi connectivity index (χ1v) is 7.09. The molecule has 3 nitrogen and oxygen atoms in total. The van der Waals surface area contributed by atoms with E-state index < -0.39 is 0 Å². The van der Waals surface area contributed by atoms with Crippen LogP contribution >= 0.6 is 0 Å². The Morgan fingerprint density at radius 1 is 0.842 bits per heavy atom. The summed E-state index contributed by atoms with van der Waals surface area (Å²) in [7, 11) is 0. The first-order valence-electron chi connectivity index (χ1n) is 7.09. The number of hydrogen-bond acceptors (Lipinski definition) is 3. The van der Waals surface area contributed by atoms with E-state index in [1.165, 1.54) is 25.7 Å². The molecule has 0 aromatic heterocycles. The first kappa shape index (κ1) is 15.4. The van der Waals surface area contributed by atoms with Crippen molar-refractivity contribution in [1.82, 2.24) is 0 Å². The van der Waals surface area contributed by atoms with E-state index in [4.69, 9.17) is 0 Å². The van der Waals surface area contributed by atoms with Crippen molar-refractivity contribution < 1.29 is 9.59 Å². The van der Waals surface area contributed by atoms with Gasteiger partial charge in [0.25, 0.3) is 0 Å². The Hall–Kier alpha value is -1.64. The standard InChI is InChI=1S/C16H23NO2/c18-13-7-5-3-1-2-4-6-12-17-16-10-8-15(14-19)9-11-16/h8-11,13-14,17H,1-7,12H2. The summed E-state index contributed by atoms with van der Waals surface area (Å²) >= 11 is 0. The molecule has 0 saturated carbocycles. The normalized spacial score (nSPS) is 10.1. The van der Waals surface area contributed by atoms with E-state index in [0.29, 0.717) is 12.0 Å².